The Morgan fingerprint density at radius 1 is 1.10 bits per heavy atom. The molecule has 0 N–H and O–H groups in total. The van der Waals surface area contributed by atoms with Gasteiger partial charge in [-0.2, -0.15) is 0 Å². The quantitative estimate of drug-likeness (QED) is 0.830. The van der Waals surface area contributed by atoms with Gasteiger partial charge in [-0.15, -0.1) is 0 Å². The normalized spacial score (nSPS) is 18.1. The van der Waals surface area contributed by atoms with Crippen molar-refractivity contribution < 1.29 is 4.79 Å². The Hall–Kier alpha value is -2.04. The third-order valence-electron chi connectivity index (χ3n) is 4.08. The van der Waals surface area contributed by atoms with Crippen LogP contribution in [0.4, 0.5) is 5.69 Å². The summed E-state index contributed by atoms with van der Waals surface area (Å²) in [5.74, 6) is 0.928. The molecule has 1 fully saturated rings. The SMILES string of the molecule is CN(C)c1ccc(C(=O)N2CCN=C2N2CCCC2)cc1. The Morgan fingerprint density at radius 3 is 2.38 bits per heavy atom. The molecule has 0 bridgehead atoms. The molecule has 5 nitrogen and oxygen atoms in total. The van der Waals surface area contributed by atoms with Gasteiger partial charge in [0.25, 0.3) is 5.91 Å². The molecule has 5 heteroatoms. The number of aliphatic imine (C=N–C) groups is 1. The lowest BCUT2D eigenvalue weighted by Gasteiger charge is -2.26. The van der Waals surface area contributed by atoms with Crippen LogP contribution in [0.25, 0.3) is 0 Å². The van der Waals surface area contributed by atoms with E-state index in [4.69, 9.17) is 0 Å². The number of hydrogen-bond donors (Lipinski definition) is 0. The molecular formula is C16H22N4O. The first-order chi connectivity index (χ1) is 10.2. The molecule has 1 amide bonds. The predicted octanol–water partition coefficient (Wildman–Crippen LogP) is 1.66. The number of likely N-dealkylation sites (tertiary alicyclic amines) is 1. The summed E-state index contributed by atoms with van der Waals surface area (Å²) in [6.45, 7) is 3.44. The molecule has 2 aliphatic heterocycles. The van der Waals surface area contributed by atoms with Crippen molar-refractivity contribution in [2.24, 2.45) is 4.99 Å². The molecule has 0 atom stereocenters. The van der Waals surface area contributed by atoms with E-state index in [9.17, 15) is 4.79 Å². The van der Waals surface area contributed by atoms with Crippen LogP contribution in [0.15, 0.2) is 29.3 Å². The summed E-state index contributed by atoms with van der Waals surface area (Å²) >= 11 is 0. The first kappa shape index (κ1) is 13.9. The van der Waals surface area contributed by atoms with E-state index in [2.05, 4.69) is 9.89 Å². The highest BCUT2D eigenvalue weighted by Crippen LogP contribution is 2.18. The van der Waals surface area contributed by atoms with Crippen molar-refractivity contribution in [1.29, 1.82) is 0 Å². The standard InChI is InChI=1S/C16H22N4O/c1-18(2)14-7-5-13(6-8-14)15(21)20-12-9-17-16(20)19-10-3-4-11-19/h5-8H,3-4,9-12H2,1-2H3. The highest BCUT2D eigenvalue weighted by Gasteiger charge is 2.30. The average molecular weight is 286 g/mol. The van der Waals surface area contributed by atoms with Crippen molar-refractivity contribution in [1.82, 2.24) is 9.80 Å². The first-order valence-corrected chi connectivity index (χ1v) is 7.55. The minimum atomic E-state index is 0.0588. The molecule has 3 rings (SSSR count). The molecule has 0 aromatic heterocycles. The number of rotatable bonds is 2. The summed E-state index contributed by atoms with van der Waals surface area (Å²) in [7, 11) is 3.99. The summed E-state index contributed by atoms with van der Waals surface area (Å²) in [5.41, 5.74) is 1.83. The van der Waals surface area contributed by atoms with Crippen molar-refractivity contribution in [3.8, 4) is 0 Å². The fourth-order valence-electron chi connectivity index (χ4n) is 2.87. The second-order valence-electron chi connectivity index (χ2n) is 5.77. The van der Waals surface area contributed by atoms with Crippen LogP contribution in [0.3, 0.4) is 0 Å². The van der Waals surface area contributed by atoms with Gasteiger partial charge in [0.05, 0.1) is 6.54 Å². The summed E-state index contributed by atoms with van der Waals surface area (Å²) < 4.78 is 0. The smallest absolute Gasteiger partial charge is 0.260 e. The van der Waals surface area contributed by atoms with Crippen LogP contribution in [0.1, 0.15) is 23.2 Å². The van der Waals surface area contributed by atoms with Crippen molar-refractivity contribution in [2.75, 3.05) is 45.2 Å². The predicted molar refractivity (Wildman–Crippen MR) is 84.9 cm³/mol. The van der Waals surface area contributed by atoms with Gasteiger partial charge in [-0.3, -0.25) is 14.7 Å². The Balaban J connectivity index is 1.76. The lowest BCUT2D eigenvalue weighted by Crippen LogP contribution is -2.43. The number of anilines is 1. The zero-order chi connectivity index (χ0) is 14.8. The molecule has 2 aliphatic rings. The van der Waals surface area contributed by atoms with Gasteiger partial charge < -0.3 is 9.80 Å². The number of hydrogen-bond acceptors (Lipinski definition) is 4. The monoisotopic (exact) mass is 286 g/mol. The molecule has 0 spiro atoms. The van der Waals surface area contributed by atoms with Crippen molar-refractivity contribution in [3.05, 3.63) is 29.8 Å². The van der Waals surface area contributed by atoms with E-state index in [1.807, 2.05) is 48.2 Å². The van der Waals surface area contributed by atoms with Gasteiger partial charge in [0.2, 0.25) is 5.96 Å². The van der Waals surface area contributed by atoms with Crippen LogP contribution in [-0.4, -0.2) is 61.9 Å². The lowest BCUT2D eigenvalue weighted by atomic mass is 10.1. The molecule has 0 aliphatic carbocycles. The number of benzene rings is 1. The minimum Gasteiger partial charge on any atom is -0.378 e. The van der Waals surface area contributed by atoms with E-state index in [1.54, 1.807) is 0 Å². The lowest BCUT2D eigenvalue weighted by molar-refractivity contribution is 0.0845. The van der Waals surface area contributed by atoms with E-state index < -0.39 is 0 Å². The van der Waals surface area contributed by atoms with E-state index in [1.165, 1.54) is 12.8 Å². The second-order valence-corrected chi connectivity index (χ2v) is 5.77. The van der Waals surface area contributed by atoms with Crippen LogP contribution < -0.4 is 4.90 Å². The topological polar surface area (TPSA) is 39.2 Å². The zero-order valence-electron chi connectivity index (χ0n) is 12.7. The Bertz CT molecular complexity index is 544. The van der Waals surface area contributed by atoms with Crippen LogP contribution in [0.5, 0.6) is 0 Å². The first-order valence-electron chi connectivity index (χ1n) is 7.55. The van der Waals surface area contributed by atoms with Gasteiger partial charge in [0.1, 0.15) is 0 Å². The third-order valence-corrected chi connectivity index (χ3v) is 4.08. The number of amides is 1. The fourth-order valence-corrected chi connectivity index (χ4v) is 2.87. The van der Waals surface area contributed by atoms with E-state index in [0.29, 0.717) is 13.1 Å². The van der Waals surface area contributed by atoms with Crippen LogP contribution in [0.2, 0.25) is 0 Å². The largest absolute Gasteiger partial charge is 0.378 e. The number of carbonyl (C=O) groups is 1. The molecule has 1 saturated heterocycles. The highest BCUT2D eigenvalue weighted by atomic mass is 16.2. The molecule has 1 aromatic carbocycles. The Kier molecular flexibility index (Phi) is 3.82. The number of guanidine groups is 1. The van der Waals surface area contributed by atoms with Gasteiger partial charge in [0.15, 0.2) is 0 Å². The average Bonchev–Trinajstić information content (AvgIpc) is 3.17. The van der Waals surface area contributed by atoms with E-state index in [0.717, 1.165) is 30.3 Å². The maximum atomic E-state index is 12.7. The summed E-state index contributed by atoms with van der Waals surface area (Å²) in [6.07, 6.45) is 2.39. The van der Waals surface area contributed by atoms with Gasteiger partial charge in [-0.05, 0) is 37.1 Å². The highest BCUT2D eigenvalue weighted by molar-refractivity contribution is 6.06. The summed E-state index contributed by atoms with van der Waals surface area (Å²) in [4.78, 5) is 23.3. The molecule has 0 radical (unpaired) electrons. The van der Waals surface area contributed by atoms with Crippen molar-refractivity contribution in [3.63, 3.8) is 0 Å². The second kappa shape index (κ2) is 5.76. The maximum Gasteiger partial charge on any atom is 0.260 e. The van der Waals surface area contributed by atoms with Gasteiger partial charge in [-0.1, -0.05) is 0 Å². The Labute approximate surface area is 125 Å². The van der Waals surface area contributed by atoms with Crippen LogP contribution >= 0.6 is 0 Å². The molecular weight excluding hydrogens is 264 g/mol. The van der Waals surface area contributed by atoms with Crippen molar-refractivity contribution >= 4 is 17.6 Å². The third kappa shape index (κ3) is 2.73. The van der Waals surface area contributed by atoms with Crippen molar-refractivity contribution in [2.45, 2.75) is 12.8 Å². The van der Waals surface area contributed by atoms with Crippen LogP contribution in [-0.2, 0) is 0 Å². The van der Waals surface area contributed by atoms with Gasteiger partial charge in [0, 0.05) is 45.0 Å². The molecule has 21 heavy (non-hydrogen) atoms. The number of carbonyl (C=O) groups excluding carboxylic acids is 1. The van der Waals surface area contributed by atoms with Gasteiger partial charge in [-0.25, -0.2) is 0 Å². The number of nitrogens with zero attached hydrogens (tertiary/aromatic N) is 4. The fraction of sp³-hybridized carbons (Fsp3) is 0.500. The zero-order valence-corrected chi connectivity index (χ0v) is 12.7. The van der Waals surface area contributed by atoms with Gasteiger partial charge >= 0.3 is 0 Å². The summed E-state index contributed by atoms with van der Waals surface area (Å²) in [5, 5.41) is 0. The molecule has 112 valence electrons. The van der Waals surface area contributed by atoms with E-state index in [-0.39, 0.29) is 5.91 Å². The molecule has 1 aromatic rings. The molecule has 0 saturated carbocycles. The molecule has 2 heterocycles. The summed E-state index contributed by atoms with van der Waals surface area (Å²) in [6, 6.07) is 7.77. The molecule has 0 unspecified atom stereocenters. The maximum absolute atomic E-state index is 12.7. The minimum absolute atomic E-state index is 0.0588. The Morgan fingerprint density at radius 2 is 1.76 bits per heavy atom. The van der Waals surface area contributed by atoms with Crippen LogP contribution in [0, 0.1) is 0 Å². The van der Waals surface area contributed by atoms with E-state index >= 15 is 0 Å².